The Balaban J connectivity index is 2.24. The molecule has 0 saturated heterocycles. The summed E-state index contributed by atoms with van der Waals surface area (Å²) in [5.41, 5.74) is 10.1. The van der Waals surface area contributed by atoms with E-state index in [0.717, 1.165) is 22.5 Å². The van der Waals surface area contributed by atoms with E-state index in [4.69, 9.17) is 17.3 Å². The number of halogens is 1. The van der Waals surface area contributed by atoms with Crippen LogP contribution in [0, 0.1) is 6.92 Å². The maximum absolute atomic E-state index is 6.16. The molecule has 0 aliphatic carbocycles. The van der Waals surface area contributed by atoms with Crippen LogP contribution in [0.25, 0.3) is 5.70 Å². The zero-order chi connectivity index (χ0) is 13.1. The summed E-state index contributed by atoms with van der Waals surface area (Å²) in [6.07, 6.45) is 0. The minimum absolute atomic E-state index is 0.682. The first kappa shape index (κ1) is 12.5. The summed E-state index contributed by atoms with van der Waals surface area (Å²) < 4.78 is 0. The molecule has 0 saturated carbocycles. The molecule has 2 aromatic carbocycles. The van der Waals surface area contributed by atoms with Crippen LogP contribution in [0.2, 0.25) is 5.02 Å². The molecule has 0 amide bonds. The first-order valence-electron chi connectivity index (χ1n) is 5.64. The molecule has 0 aliphatic heterocycles. The van der Waals surface area contributed by atoms with E-state index < -0.39 is 0 Å². The molecule has 0 unspecified atom stereocenters. The molecule has 0 radical (unpaired) electrons. The number of hydrogen-bond acceptors (Lipinski definition) is 2. The Morgan fingerprint density at radius 2 is 2.00 bits per heavy atom. The molecule has 2 aromatic rings. The predicted octanol–water partition coefficient (Wildman–Crippen LogP) is 4.31. The maximum atomic E-state index is 6.16. The molecule has 0 bridgehead atoms. The number of rotatable bonds is 3. The van der Waals surface area contributed by atoms with Crippen molar-refractivity contribution in [1.82, 2.24) is 0 Å². The summed E-state index contributed by atoms with van der Waals surface area (Å²) in [6.45, 7) is 6.04. The van der Waals surface area contributed by atoms with Crippen molar-refractivity contribution in [3.05, 3.63) is 65.2 Å². The summed E-state index contributed by atoms with van der Waals surface area (Å²) in [7, 11) is 0. The quantitative estimate of drug-likeness (QED) is 0.805. The number of hydrogen-bond donors (Lipinski definition) is 2. The van der Waals surface area contributed by atoms with Crippen LogP contribution < -0.4 is 11.1 Å². The molecule has 3 heteroatoms. The highest BCUT2D eigenvalue weighted by Crippen LogP contribution is 2.25. The second kappa shape index (κ2) is 5.15. The van der Waals surface area contributed by atoms with Gasteiger partial charge < -0.3 is 11.1 Å². The van der Waals surface area contributed by atoms with Crippen LogP contribution in [0.4, 0.5) is 11.4 Å². The van der Waals surface area contributed by atoms with E-state index in [9.17, 15) is 0 Å². The number of anilines is 2. The lowest BCUT2D eigenvalue weighted by Crippen LogP contribution is -1.99. The van der Waals surface area contributed by atoms with Crippen molar-refractivity contribution in [3.8, 4) is 0 Å². The van der Waals surface area contributed by atoms with Gasteiger partial charge in [0.1, 0.15) is 0 Å². The SMILES string of the molecule is C=C(Nc1cccc(N)c1)c1cc(C)ccc1Cl. The largest absolute Gasteiger partial charge is 0.399 e. The molecule has 0 aromatic heterocycles. The summed E-state index contributed by atoms with van der Waals surface area (Å²) in [5.74, 6) is 0. The molecule has 3 N–H and O–H groups in total. The fraction of sp³-hybridized carbons (Fsp3) is 0.0667. The molecule has 0 aliphatic rings. The minimum Gasteiger partial charge on any atom is -0.399 e. The summed E-state index contributed by atoms with van der Waals surface area (Å²) >= 11 is 6.16. The van der Waals surface area contributed by atoms with E-state index in [-0.39, 0.29) is 0 Å². The molecule has 0 fully saturated rings. The van der Waals surface area contributed by atoms with Gasteiger partial charge in [0.05, 0.1) is 0 Å². The van der Waals surface area contributed by atoms with Crippen LogP contribution in [-0.4, -0.2) is 0 Å². The normalized spacial score (nSPS) is 10.1. The van der Waals surface area contributed by atoms with Gasteiger partial charge in [-0.2, -0.15) is 0 Å². The molecule has 2 rings (SSSR count). The molecular weight excluding hydrogens is 244 g/mol. The first-order chi connectivity index (χ1) is 8.56. The highest BCUT2D eigenvalue weighted by atomic mass is 35.5. The Kier molecular flexibility index (Phi) is 3.58. The Labute approximate surface area is 112 Å². The Hall–Kier alpha value is -1.93. The molecule has 2 nitrogen and oxygen atoms in total. The van der Waals surface area contributed by atoms with Crippen molar-refractivity contribution in [1.29, 1.82) is 0 Å². The van der Waals surface area contributed by atoms with Gasteiger partial charge in [0, 0.05) is 27.7 Å². The van der Waals surface area contributed by atoms with Crippen LogP contribution in [0.1, 0.15) is 11.1 Å². The van der Waals surface area contributed by atoms with E-state index in [1.165, 1.54) is 0 Å². The minimum atomic E-state index is 0.682. The summed E-state index contributed by atoms with van der Waals surface area (Å²) in [4.78, 5) is 0. The van der Waals surface area contributed by atoms with Gasteiger partial charge >= 0.3 is 0 Å². The zero-order valence-corrected chi connectivity index (χ0v) is 11.0. The van der Waals surface area contributed by atoms with E-state index in [0.29, 0.717) is 10.7 Å². The van der Waals surface area contributed by atoms with Crippen LogP contribution in [-0.2, 0) is 0 Å². The third-order valence-corrected chi connectivity index (χ3v) is 2.96. The van der Waals surface area contributed by atoms with Gasteiger partial charge in [-0.25, -0.2) is 0 Å². The second-order valence-corrected chi connectivity index (χ2v) is 4.62. The Morgan fingerprint density at radius 3 is 2.72 bits per heavy atom. The van der Waals surface area contributed by atoms with Gasteiger partial charge in [-0.05, 0) is 37.3 Å². The number of aryl methyl sites for hydroxylation is 1. The van der Waals surface area contributed by atoms with Gasteiger partial charge in [-0.3, -0.25) is 0 Å². The third kappa shape index (κ3) is 2.84. The molecule has 0 heterocycles. The Bertz CT molecular complexity index is 591. The van der Waals surface area contributed by atoms with Crippen molar-refractivity contribution in [2.75, 3.05) is 11.1 Å². The summed E-state index contributed by atoms with van der Waals surface area (Å²) in [5, 5.41) is 3.89. The van der Waals surface area contributed by atoms with E-state index in [1.807, 2.05) is 49.4 Å². The van der Waals surface area contributed by atoms with Gasteiger partial charge in [0.2, 0.25) is 0 Å². The van der Waals surface area contributed by atoms with Crippen LogP contribution in [0.5, 0.6) is 0 Å². The molecule has 0 spiro atoms. The standard InChI is InChI=1S/C15H15ClN2/c1-10-6-7-15(16)14(8-10)11(2)18-13-5-3-4-12(17)9-13/h3-9,18H,2,17H2,1H3. The van der Waals surface area contributed by atoms with Crippen molar-refractivity contribution >= 4 is 28.7 Å². The predicted molar refractivity (Wildman–Crippen MR) is 79.7 cm³/mol. The molecule has 0 atom stereocenters. The van der Waals surface area contributed by atoms with E-state index >= 15 is 0 Å². The lowest BCUT2D eigenvalue weighted by molar-refractivity contribution is 1.43. The first-order valence-corrected chi connectivity index (χ1v) is 6.02. The fourth-order valence-corrected chi connectivity index (χ4v) is 1.96. The van der Waals surface area contributed by atoms with Crippen molar-refractivity contribution in [3.63, 3.8) is 0 Å². The number of nitrogens with two attached hydrogens (primary N) is 1. The van der Waals surface area contributed by atoms with Crippen LogP contribution in [0.3, 0.4) is 0 Å². The van der Waals surface area contributed by atoms with Crippen molar-refractivity contribution < 1.29 is 0 Å². The van der Waals surface area contributed by atoms with Crippen molar-refractivity contribution in [2.45, 2.75) is 6.92 Å². The maximum Gasteiger partial charge on any atom is 0.0499 e. The topological polar surface area (TPSA) is 38.0 Å². The highest BCUT2D eigenvalue weighted by molar-refractivity contribution is 6.32. The second-order valence-electron chi connectivity index (χ2n) is 4.21. The fourth-order valence-electron chi connectivity index (χ4n) is 1.73. The van der Waals surface area contributed by atoms with Gasteiger partial charge in [-0.1, -0.05) is 35.9 Å². The highest BCUT2D eigenvalue weighted by Gasteiger charge is 2.05. The monoisotopic (exact) mass is 258 g/mol. The Morgan fingerprint density at radius 1 is 1.22 bits per heavy atom. The number of nitrogens with one attached hydrogen (secondary N) is 1. The van der Waals surface area contributed by atoms with Crippen LogP contribution >= 0.6 is 11.6 Å². The third-order valence-electron chi connectivity index (χ3n) is 2.63. The van der Waals surface area contributed by atoms with Gasteiger partial charge in [-0.15, -0.1) is 0 Å². The van der Waals surface area contributed by atoms with Crippen molar-refractivity contribution in [2.24, 2.45) is 0 Å². The smallest absolute Gasteiger partial charge is 0.0499 e. The van der Waals surface area contributed by atoms with E-state index in [1.54, 1.807) is 0 Å². The average Bonchev–Trinajstić information content (AvgIpc) is 2.32. The van der Waals surface area contributed by atoms with E-state index in [2.05, 4.69) is 11.9 Å². The lowest BCUT2D eigenvalue weighted by atomic mass is 10.1. The van der Waals surface area contributed by atoms with Crippen LogP contribution in [0.15, 0.2) is 49.0 Å². The molecular formula is C15H15ClN2. The van der Waals surface area contributed by atoms with Gasteiger partial charge in [0.25, 0.3) is 0 Å². The molecule has 18 heavy (non-hydrogen) atoms. The van der Waals surface area contributed by atoms with Gasteiger partial charge in [0.15, 0.2) is 0 Å². The number of nitrogen functional groups attached to an aromatic ring is 1. The molecule has 92 valence electrons. The zero-order valence-electron chi connectivity index (χ0n) is 10.2. The summed E-state index contributed by atoms with van der Waals surface area (Å²) in [6, 6.07) is 13.4. The average molecular weight is 259 g/mol. The lowest BCUT2D eigenvalue weighted by Gasteiger charge is -2.12. The number of benzene rings is 2.